The van der Waals surface area contributed by atoms with E-state index in [1.807, 2.05) is 30.3 Å². The molecule has 2 N–H and O–H groups in total. The molecular weight excluding hydrogens is 226 g/mol. The molecule has 0 saturated carbocycles. The van der Waals surface area contributed by atoms with E-state index in [0.717, 1.165) is 16.7 Å². The van der Waals surface area contributed by atoms with Crippen molar-refractivity contribution in [3.63, 3.8) is 0 Å². The van der Waals surface area contributed by atoms with Gasteiger partial charge in [-0.25, -0.2) is 4.98 Å². The van der Waals surface area contributed by atoms with E-state index >= 15 is 0 Å². The van der Waals surface area contributed by atoms with E-state index in [-0.39, 0.29) is 0 Å². The Labute approximate surface area is 104 Å². The Kier molecular flexibility index (Phi) is 2.53. The number of anilines is 1. The van der Waals surface area contributed by atoms with Gasteiger partial charge in [-0.1, -0.05) is 6.07 Å². The zero-order valence-corrected chi connectivity index (χ0v) is 9.58. The average Bonchev–Trinajstić information content (AvgIpc) is 2.39. The summed E-state index contributed by atoms with van der Waals surface area (Å²) in [6.07, 6.45) is 3.38. The van der Waals surface area contributed by atoms with E-state index in [4.69, 9.17) is 10.5 Å². The van der Waals surface area contributed by atoms with Crippen LogP contribution >= 0.6 is 0 Å². The zero-order chi connectivity index (χ0) is 12.4. The molecule has 4 heteroatoms. The molecule has 4 nitrogen and oxygen atoms in total. The van der Waals surface area contributed by atoms with Crippen LogP contribution in [-0.4, -0.2) is 9.97 Å². The predicted molar refractivity (Wildman–Crippen MR) is 70.5 cm³/mol. The van der Waals surface area contributed by atoms with Crippen molar-refractivity contribution in [2.45, 2.75) is 0 Å². The van der Waals surface area contributed by atoms with Gasteiger partial charge < -0.3 is 10.5 Å². The quantitative estimate of drug-likeness (QED) is 0.744. The van der Waals surface area contributed by atoms with Gasteiger partial charge in [0.25, 0.3) is 0 Å². The summed E-state index contributed by atoms with van der Waals surface area (Å²) >= 11 is 0. The van der Waals surface area contributed by atoms with Crippen molar-refractivity contribution in [1.82, 2.24) is 9.97 Å². The minimum Gasteiger partial charge on any atom is -0.457 e. The lowest BCUT2D eigenvalue weighted by Crippen LogP contribution is -1.91. The molecule has 0 aliphatic heterocycles. The molecule has 0 spiro atoms. The van der Waals surface area contributed by atoms with E-state index in [2.05, 4.69) is 9.97 Å². The summed E-state index contributed by atoms with van der Waals surface area (Å²) in [5, 5.41) is 1.08. The third kappa shape index (κ3) is 2.08. The van der Waals surface area contributed by atoms with Crippen molar-refractivity contribution >= 4 is 16.7 Å². The SMILES string of the molecule is Nc1cc(Oc2ccc3cccnc3c2)ccn1. The number of rotatable bonds is 2. The Morgan fingerprint density at radius 2 is 1.78 bits per heavy atom. The number of fused-ring (bicyclic) bond motifs is 1. The number of benzene rings is 1. The Balaban J connectivity index is 1.95. The predicted octanol–water partition coefficient (Wildman–Crippen LogP) is 3.00. The van der Waals surface area contributed by atoms with Crippen LogP contribution in [0.3, 0.4) is 0 Å². The van der Waals surface area contributed by atoms with Crippen LogP contribution in [0.2, 0.25) is 0 Å². The van der Waals surface area contributed by atoms with Gasteiger partial charge in [0, 0.05) is 29.9 Å². The Morgan fingerprint density at radius 1 is 0.889 bits per heavy atom. The van der Waals surface area contributed by atoms with Gasteiger partial charge in [0.05, 0.1) is 5.52 Å². The van der Waals surface area contributed by atoms with E-state index in [1.165, 1.54) is 0 Å². The summed E-state index contributed by atoms with van der Waals surface area (Å²) in [4.78, 5) is 8.20. The molecule has 2 heterocycles. The molecule has 1 aromatic carbocycles. The van der Waals surface area contributed by atoms with Gasteiger partial charge >= 0.3 is 0 Å². The van der Waals surface area contributed by atoms with Crippen LogP contribution in [0.1, 0.15) is 0 Å². The number of aromatic nitrogens is 2. The first-order chi connectivity index (χ1) is 8.81. The highest BCUT2D eigenvalue weighted by Gasteiger charge is 2.00. The van der Waals surface area contributed by atoms with Crippen molar-refractivity contribution in [1.29, 1.82) is 0 Å². The van der Waals surface area contributed by atoms with Gasteiger partial charge in [-0.05, 0) is 24.3 Å². The van der Waals surface area contributed by atoms with Crippen LogP contribution in [-0.2, 0) is 0 Å². The Morgan fingerprint density at radius 3 is 2.67 bits per heavy atom. The number of nitrogens with two attached hydrogens (primary N) is 1. The Bertz CT molecular complexity index is 697. The number of hydrogen-bond donors (Lipinski definition) is 1. The second kappa shape index (κ2) is 4.33. The fourth-order valence-electron chi connectivity index (χ4n) is 1.74. The van der Waals surface area contributed by atoms with Crippen LogP contribution in [0.15, 0.2) is 54.9 Å². The first kappa shape index (κ1) is 10.5. The molecule has 0 fully saturated rings. The molecule has 0 atom stereocenters. The highest BCUT2D eigenvalue weighted by molar-refractivity contribution is 5.79. The number of nitrogens with zero attached hydrogens (tertiary/aromatic N) is 2. The lowest BCUT2D eigenvalue weighted by Gasteiger charge is -2.06. The molecule has 0 aliphatic rings. The zero-order valence-electron chi connectivity index (χ0n) is 9.58. The van der Waals surface area contributed by atoms with Crippen molar-refractivity contribution in [3.05, 3.63) is 54.9 Å². The molecule has 0 unspecified atom stereocenters. The number of ether oxygens (including phenoxy) is 1. The highest BCUT2D eigenvalue weighted by atomic mass is 16.5. The molecule has 0 saturated heterocycles. The average molecular weight is 237 g/mol. The number of nitrogen functional groups attached to an aromatic ring is 1. The topological polar surface area (TPSA) is 61.0 Å². The Hall–Kier alpha value is -2.62. The van der Waals surface area contributed by atoms with Crippen LogP contribution in [0.4, 0.5) is 5.82 Å². The normalized spacial score (nSPS) is 10.4. The molecule has 2 aromatic heterocycles. The molecule has 18 heavy (non-hydrogen) atoms. The maximum absolute atomic E-state index is 5.71. The van der Waals surface area contributed by atoms with Crippen LogP contribution in [0, 0.1) is 0 Å². The third-order valence-electron chi connectivity index (χ3n) is 2.57. The standard InChI is InChI=1S/C14H11N3O/c15-14-9-12(5-7-17-14)18-11-4-3-10-2-1-6-16-13(10)8-11/h1-9H,(H2,15,17). The van der Waals surface area contributed by atoms with Crippen LogP contribution < -0.4 is 10.5 Å². The van der Waals surface area contributed by atoms with Crippen LogP contribution in [0.25, 0.3) is 10.9 Å². The van der Waals surface area contributed by atoms with E-state index < -0.39 is 0 Å². The molecule has 3 rings (SSSR count). The fraction of sp³-hybridized carbons (Fsp3) is 0. The summed E-state index contributed by atoms with van der Waals surface area (Å²) in [6, 6.07) is 13.1. The monoisotopic (exact) mass is 237 g/mol. The molecule has 88 valence electrons. The van der Waals surface area contributed by atoms with Crippen LogP contribution in [0.5, 0.6) is 11.5 Å². The third-order valence-corrected chi connectivity index (χ3v) is 2.57. The molecule has 0 bridgehead atoms. The van der Waals surface area contributed by atoms with Crippen molar-refractivity contribution in [3.8, 4) is 11.5 Å². The molecule has 3 aromatic rings. The first-order valence-electron chi connectivity index (χ1n) is 5.55. The fourth-order valence-corrected chi connectivity index (χ4v) is 1.74. The second-order valence-corrected chi connectivity index (χ2v) is 3.88. The molecule has 0 radical (unpaired) electrons. The smallest absolute Gasteiger partial charge is 0.132 e. The summed E-state index contributed by atoms with van der Waals surface area (Å²) in [5.74, 6) is 1.83. The number of hydrogen-bond acceptors (Lipinski definition) is 4. The summed E-state index contributed by atoms with van der Waals surface area (Å²) in [5.41, 5.74) is 6.50. The van der Waals surface area contributed by atoms with Gasteiger partial charge in [-0.2, -0.15) is 0 Å². The number of pyridine rings is 2. The summed E-state index contributed by atoms with van der Waals surface area (Å²) in [7, 11) is 0. The van der Waals surface area contributed by atoms with Gasteiger partial charge in [0.15, 0.2) is 0 Å². The minimum atomic E-state index is 0.436. The van der Waals surface area contributed by atoms with Gasteiger partial charge in [0.2, 0.25) is 0 Å². The van der Waals surface area contributed by atoms with Crippen molar-refractivity contribution in [2.24, 2.45) is 0 Å². The maximum atomic E-state index is 5.71. The largest absolute Gasteiger partial charge is 0.457 e. The van der Waals surface area contributed by atoms with Gasteiger partial charge in [-0.15, -0.1) is 0 Å². The highest BCUT2D eigenvalue weighted by Crippen LogP contribution is 2.24. The van der Waals surface area contributed by atoms with E-state index in [9.17, 15) is 0 Å². The van der Waals surface area contributed by atoms with E-state index in [1.54, 1.807) is 24.5 Å². The molecule has 0 aliphatic carbocycles. The summed E-state index contributed by atoms with van der Waals surface area (Å²) < 4.78 is 5.71. The minimum absolute atomic E-state index is 0.436. The molecular formula is C14H11N3O. The van der Waals surface area contributed by atoms with Gasteiger partial charge in [-0.3, -0.25) is 4.98 Å². The lowest BCUT2D eigenvalue weighted by atomic mass is 10.2. The lowest BCUT2D eigenvalue weighted by molar-refractivity contribution is 0.483. The van der Waals surface area contributed by atoms with Crippen molar-refractivity contribution < 1.29 is 4.74 Å². The van der Waals surface area contributed by atoms with Crippen molar-refractivity contribution in [2.75, 3.05) is 5.73 Å². The first-order valence-corrected chi connectivity index (χ1v) is 5.55. The van der Waals surface area contributed by atoms with E-state index in [0.29, 0.717) is 11.6 Å². The molecule has 0 amide bonds. The second-order valence-electron chi connectivity index (χ2n) is 3.88. The maximum Gasteiger partial charge on any atom is 0.132 e. The summed E-state index contributed by atoms with van der Waals surface area (Å²) in [6.45, 7) is 0. The van der Waals surface area contributed by atoms with Gasteiger partial charge in [0.1, 0.15) is 17.3 Å².